The summed E-state index contributed by atoms with van der Waals surface area (Å²) in [5, 5.41) is 0. The molecule has 0 radical (unpaired) electrons. The van der Waals surface area contributed by atoms with Gasteiger partial charge in [-0.25, -0.2) is 0 Å². The Labute approximate surface area is 351 Å². The van der Waals surface area contributed by atoms with Gasteiger partial charge in [0.1, 0.15) is 0 Å². The van der Waals surface area contributed by atoms with Crippen LogP contribution < -0.4 is 31.1 Å². The second-order valence-corrected chi connectivity index (χ2v) is 16.5. The normalized spacial score (nSPS) is 12.8. The molecule has 59 heavy (non-hydrogen) atoms. The molecule has 2 heterocycles. The van der Waals surface area contributed by atoms with Crippen LogP contribution in [-0.4, -0.2) is 6.71 Å². The molecule has 0 aliphatic carbocycles. The maximum Gasteiger partial charge on any atom is 0.252 e. The third-order valence-corrected chi connectivity index (χ3v) is 12.0. The summed E-state index contributed by atoms with van der Waals surface area (Å²) < 4.78 is 0. The van der Waals surface area contributed by atoms with Crippen molar-refractivity contribution in [1.82, 2.24) is 0 Å². The fourth-order valence-electron chi connectivity index (χ4n) is 9.14. The van der Waals surface area contributed by atoms with Crippen LogP contribution in [0.2, 0.25) is 0 Å². The van der Waals surface area contributed by atoms with Crippen LogP contribution in [0.25, 0.3) is 11.1 Å². The smallest absolute Gasteiger partial charge is 0.252 e. The number of hydrogen-bond acceptors (Lipinski definition) is 3. The molecular formula is C55H50BN3. The molecule has 9 rings (SSSR count). The molecule has 0 spiro atoms. The molecule has 2 aliphatic rings. The Kier molecular flexibility index (Phi) is 9.52. The van der Waals surface area contributed by atoms with Crippen LogP contribution in [-0.2, 0) is 0 Å². The van der Waals surface area contributed by atoms with Crippen molar-refractivity contribution in [2.75, 3.05) is 14.7 Å². The molecule has 0 unspecified atom stereocenters. The fourth-order valence-corrected chi connectivity index (χ4v) is 9.14. The number of aryl methyl sites for hydroxylation is 6. The van der Waals surface area contributed by atoms with Gasteiger partial charge < -0.3 is 14.7 Å². The molecule has 0 saturated heterocycles. The van der Waals surface area contributed by atoms with Gasteiger partial charge in [-0.3, -0.25) is 0 Å². The molecule has 0 atom stereocenters. The van der Waals surface area contributed by atoms with Crippen molar-refractivity contribution >= 4 is 68.6 Å². The first-order chi connectivity index (χ1) is 28.5. The maximum atomic E-state index is 4.52. The van der Waals surface area contributed by atoms with E-state index in [-0.39, 0.29) is 6.71 Å². The molecule has 3 nitrogen and oxygen atoms in total. The van der Waals surface area contributed by atoms with Crippen molar-refractivity contribution in [2.24, 2.45) is 0 Å². The minimum atomic E-state index is 0.00121. The van der Waals surface area contributed by atoms with Gasteiger partial charge in [0.2, 0.25) is 0 Å². The lowest BCUT2D eigenvalue weighted by molar-refractivity contribution is 1.14. The monoisotopic (exact) mass is 763 g/mol. The Balaban J connectivity index is 1.46. The zero-order valence-corrected chi connectivity index (χ0v) is 35.3. The molecule has 2 aliphatic heterocycles. The van der Waals surface area contributed by atoms with E-state index in [9.17, 15) is 0 Å². The lowest BCUT2D eigenvalue weighted by Crippen LogP contribution is -2.61. The highest BCUT2D eigenvalue weighted by atomic mass is 15.2. The van der Waals surface area contributed by atoms with Crippen molar-refractivity contribution < 1.29 is 0 Å². The third kappa shape index (κ3) is 6.50. The van der Waals surface area contributed by atoms with Gasteiger partial charge in [-0.15, -0.1) is 0 Å². The van der Waals surface area contributed by atoms with Crippen LogP contribution >= 0.6 is 0 Å². The van der Waals surface area contributed by atoms with Gasteiger partial charge in [-0.05, 0) is 142 Å². The summed E-state index contributed by atoms with van der Waals surface area (Å²) in [7, 11) is 0. The molecule has 7 aromatic carbocycles. The maximum absolute atomic E-state index is 4.52. The van der Waals surface area contributed by atoms with E-state index < -0.39 is 0 Å². The van der Waals surface area contributed by atoms with Gasteiger partial charge in [-0.2, -0.15) is 0 Å². The summed E-state index contributed by atoms with van der Waals surface area (Å²) in [6.07, 6.45) is 3.96. The van der Waals surface area contributed by atoms with Crippen molar-refractivity contribution in [1.29, 1.82) is 0 Å². The van der Waals surface area contributed by atoms with E-state index in [1.165, 1.54) is 72.3 Å². The Bertz CT molecular complexity index is 2850. The second-order valence-electron chi connectivity index (χ2n) is 16.5. The van der Waals surface area contributed by atoms with Crippen LogP contribution in [0.15, 0.2) is 176 Å². The summed E-state index contributed by atoms with van der Waals surface area (Å²) >= 11 is 0. The zero-order valence-electron chi connectivity index (χ0n) is 35.3. The van der Waals surface area contributed by atoms with Crippen molar-refractivity contribution in [2.45, 2.75) is 48.5 Å². The Morgan fingerprint density at radius 3 is 1.68 bits per heavy atom. The molecule has 0 N–H and O–H groups in total. The molecule has 0 saturated carbocycles. The number of fused-ring (bicyclic) bond motifs is 4. The SMILES string of the molecule is C=C/C=C(\C(=C)C)N(c1cc2c3c(c1)N(c1ccc(C)cc1-c1ccc(C)cc1)c1ccc(C)cc1B3c1cc(C)ccc1N2c1ccc(C)cc1)c1ccccc1C. The van der Waals surface area contributed by atoms with E-state index in [1.807, 2.05) is 6.08 Å². The Hall–Kier alpha value is -6.78. The van der Waals surface area contributed by atoms with Crippen molar-refractivity contribution in [3.8, 4) is 11.1 Å². The van der Waals surface area contributed by atoms with Crippen molar-refractivity contribution in [3.63, 3.8) is 0 Å². The van der Waals surface area contributed by atoms with E-state index >= 15 is 0 Å². The van der Waals surface area contributed by atoms with Crippen LogP contribution in [0.3, 0.4) is 0 Å². The van der Waals surface area contributed by atoms with Crippen LogP contribution in [0.1, 0.15) is 40.3 Å². The van der Waals surface area contributed by atoms with Crippen LogP contribution in [0.4, 0.5) is 45.5 Å². The Morgan fingerprint density at radius 1 is 0.559 bits per heavy atom. The van der Waals surface area contributed by atoms with Crippen LogP contribution in [0.5, 0.6) is 0 Å². The average Bonchev–Trinajstić information content (AvgIpc) is 3.22. The molecule has 288 valence electrons. The molecule has 7 aromatic rings. The quantitative estimate of drug-likeness (QED) is 0.113. The number of para-hydroxylation sites is 1. The zero-order chi connectivity index (χ0) is 41.1. The number of nitrogens with zero attached hydrogens (tertiary/aromatic N) is 3. The molecular weight excluding hydrogens is 713 g/mol. The molecule has 0 aromatic heterocycles. The highest BCUT2D eigenvalue weighted by Crippen LogP contribution is 2.49. The minimum absolute atomic E-state index is 0.00121. The van der Waals surface area contributed by atoms with Gasteiger partial charge in [0.05, 0.1) is 11.4 Å². The lowest BCUT2D eigenvalue weighted by atomic mass is 9.33. The van der Waals surface area contributed by atoms with E-state index in [0.29, 0.717) is 0 Å². The van der Waals surface area contributed by atoms with Gasteiger partial charge in [0.25, 0.3) is 6.71 Å². The number of rotatable bonds is 8. The predicted molar refractivity (Wildman–Crippen MR) is 256 cm³/mol. The summed E-state index contributed by atoms with van der Waals surface area (Å²) in [4.78, 5) is 7.42. The third-order valence-electron chi connectivity index (χ3n) is 12.0. The number of anilines is 8. The first kappa shape index (κ1) is 37.8. The first-order valence-electron chi connectivity index (χ1n) is 20.6. The van der Waals surface area contributed by atoms with Crippen LogP contribution in [0, 0.1) is 41.5 Å². The standard InChI is InChI=1S/C55H50BN3/c1-10-13-48(35(2)3)58(49-15-12-11-14-41(49)9)44-33-53-55-54(34-44)59(50-27-20-38(6)30-45(50)42-23-16-36(4)17-24-42)52-29-22-40(8)32-47(52)56(55)46-31-39(7)21-28-51(46)57(53)43-25-18-37(5)19-26-43/h10-34H,1-2H2,3-9H3/b48-13+. The molecule has 0 amide bonds. The van der Waals surface area contributed by atoms with Gasteiger partial charge in [-0.1, -0.05) is 132 Å². The number of benzene rings is 7. The van der Waals surface area contributed by atoms with E-state index in [4.69, 9.17) is 0 Å². The first-order valence-corrected chi connectivity index (χ1v) is 20.6. The summed E-state index contributed by atoms with van der Waals surface area (Å²) in [5.74, 6) is 0. The van der Waals surface area contributed by atoms with E-state index in [0.717, 1.165) is 45.4 Å². The van der Waals surface area contributed by atoms with E-state index in [2.05, 4.69) is 222 Å². The minimum Gasteiger partial charge on any atom is -0.311 e. The van der Waals surface area contributed by atoms with Crippen molar-refractivity contribution in [3.05, 3.63) is 209 Å². The molecule has 0 bridgehead atoms. The van der Waals surface area contributed by atoms with E-state index in [1.54, 1.807) is 0 Å². The summed E-state index contributed by atoms with van der Waals surface area (Å²) in [6.45, 7) is 23.9. The number of hydrogen-bond donors (Lipinski definition) is 0. The second kappa shape index (κ2) is 14.9. The van der Waals surface area contributed by atoms with Gasteiger partial charge >= 0.3 is 0 Å². The highest BCUT2D eigenvalue weighted by Gasteiger charge is 2.44. The number of allylic oxidation sites excluding steroid dienone is 3. The Morgan fingerprint density at radius 2 is 1.08 bits per heavy atom. The van der Waals surface area contributed by atoms with Gasteiger partial charge in [0.15, 0.2) is 0 Å². The lowest BCUT2D eigenvalue weighted by Gasteiger charge is -2.45. The predicted octanol–water partition coefficient (Wildman–Crippen LogP) is 13.1. The highest BCUT2D eigenvalue weighted by molar-refractivity contribution is 7.00. The molecule has 4 heteroatoms. The summed E-state index contributed by atoms with van der Waals surface area (Å²) in [6, 6.07) is 52.4. The largest absolute Gasteiger partial charge is 0.311 e. The fraction of sp³-hybridized carbons (Fsp3) is 0.127. The van der Waals surface area contributed by atoms with Gasteiger partial charge in [0, 0.05) is 45.4 Å². The topological polar surface area (TPSA) is 9.72 Å². The average molecular weight is 764 g/mol. The molecule has 0 fully saturated rings. The summed E-state index contributed by atoms with van der Waals surface area (Å²) in [5.41, 5.74) is 24.7.